The molecule has 0 unspecified atom stereocenters. The van der Waals surface area contributed by atoms with E-state index in [0.717, 1.165) is 16.1 Å². The predicted molar refractivity (Wildman–Crippen MR) is 114 cm³/mol. The SMILES string of the molecule is COc1ccccc1[C@H](C)NC(=O)[C@@H](C)N(c1ccc2c(c1)OCCO2)S(C)(=O)=O. The van der Waals surface area contributed by atoms with Crippen molar-refractivity contribution in [2.45, 2.75) is 25.9 Å². The molecule has 1 heterocycles. The molecule has 0 spiro atoms. The number of rotatable bonds is 7. The molecule has 3 rings (SSSR count). The average molecular weight is 435 g/mol. The second-order valence-corrected chi connectivity index (χ2v) is 8.89. The van der Waals surface area contributed by atoms with E-state index in [9.17, 15) is 13.2 Å². The van der Waals surface area contributed by atoms with E-state index in [1.165, 1.54) is 0 Å². The van der Waals surface area contributed by atoms with Gasteiger partial charge in [0, 0.05) is 11.6 Å². The van der Waals surface area contributed by atoms with E-state index in [1.807, 2.05) is 25.1 Å². The van der Waals surface area contributed by atoms with Crippen LogP contribution in [0.5, 0.6) is 17.2 Å². The first-order chi connectivity index (χ1) is 14.2. The number of anilines is 1. The molecule has 0 aliphatic carbocycles. The first-order valence-electron chi connectivity index (χ1n) is 9.54. The molecule has 8 nitrogen and oxygen atoms in total. The highest BCUT2D eigenvalue weighted by Crippen LogP contribution is 2.35. The summed E-state index contributed by atoms with van der Waals surface area (Å²) < 4.78 is 42.6. The quantitative estimate of drug-likeness (QED) is 0.720. The molecular formula is C21H26N2O6S. The van der Waals surface area contributed by atoms with Crippen LogP contribution in [0.4, 0.5) is 5.69 Å². The summed E-state index contributed by atoms with van der Waals surface area (Å²) in [5.74, 6) is 1.20. The number of fused-ring (bicyclic) bond motifs is 1. The summed E-state index contributed by atoms with van der Waals surface area (Å²) in [6.45, 7) is 4.17. The van der Waals surface area contributed by atoms with Gasteiger partial charge in [0.1, 0.15) is 25.0 Å². The lowest BCUT2D eigenvalue weighted by Gasteiger charge is -2.30. The van der Waals surface area contributed by atoms with Crippen molar-refractivity contribution in [2.24, 2.45) is 0 Å². The van der Waals surface area contributed by atoms with E-state index in [1.54, 1.807) is 38.3 Å². The summed E-state index contributed by atoms with van der Waals surface area (Å²) in [6, 6.07) is 10.8. The first-order valence-corrected chi connectivity index (χ1v) is 11.4. The van der Waals surface area contributed by atoms with E-state index < -0.39 is 22.0 Å². The van der Waals surface area contributed by atoms with Gasteiger partial charge in [-0.1, -0.05) is 18.2 Å². The fraction of sp³-hybridized carbons (Fsp3) is 0.381. The number of hydrogen-bond acceptors (Lipinski definition) is 6. The van der Waals surface area contributed by atoms with Crippen LogP contribution in [0.3, 0.4) is 0 Å². The van der Waals surface area contributed by atoms with Gasteiger partial charge in [-0.05, 0) is 32.0 Å². The number of carbonyl (C=O) groups is 1. The van der Waals surface area contributed by atoms with Crippen LogP contribution in [0, 0.1) is 0 Å². The zero-order valence-electron chi connectivity index (χ0n) is 17.4. The highest BCUT2D eigenvalue weighted by molar-refractivity contribution is 7.92. The number of carbonyl (C=O) groups excluding carboxylic acids is 1. The summed E-state index contributed by atoms with van der Waals surface area (Å²) >= 11 is 0. The molecule has 2 aromatic carbocycles. The molecule has 0 saturated carbocycles. The third-order valence-electron chi connectivity index (χ3n) is 4.83. The molecule has 2 atom stereocenters. The van der Waals surface area contributed by atoms with Crippen molar-refractivity contribution in [1.29, 1.82) is 0 Å². The number of sulfonamides is 1. The maximum atomic E-state index is 13.0. The van der Waals surface area contributed by atoms with E-state index in [2.05, 4.69) is 5.32 Å². The Morgan fingerprint density at radius 1 is 1.10 bits per heavy atom. The second kappa shape index (κ2) is 8.83. The Kier molecular flexibility index (Phi) is 6.40. The lowest BCUT2D eigenvalue weighted by molar-refractivity contribution is -0.122. The van der Waals surface area contributed by atoms with E-state index in [0.29, 0.717) is 36.1 Å². The number of hydrogen-bond donors (Lipinski definition) is 1. The van der Waals surface area contributed by atoms with Crippen molar-refractivity contribution >= 4 is 21.6 Å². The summed E-state index contributed by atoms with van der Waals surface area (Å²) in [7, 11) is -2.19. The van der Waals surface area contributed by atoms with E-state index in [-0.39, 0.29) is 6.04 Å². The Morgan fingerprint density at radius 3 is 2.43 bits per heavy atom. The van der Waals surface area contributed by atoms with E-state index >= 15 is 0 Å². The normalized spacial score (nSPS) is 15.1. The van der Waals surface area contributed by atoms with Gasteiger partial charge in [0.25, 0.3) is 0 Å². The molecule has 1 N–H and O–H groups in total. The molecule has 2 aromatic rings. The first kappa shape index (κ1) is 21.8. The number of nitrogens with zero attached hydrogens (tertiary/aromatic N) is 1. The van der Waals surface area contributed by atoms with Crippen molar-refractivity contribution in [3.63, 3.8) is 0 Å². The van der Waals surface area contributed by atoms with Gasteiger partial charge in [0.15, 0.2) is 11.5 Å². The third kappa shape index (κ3) is 4.62. The molecule has 0 radical (unpaired) electrons. The number of methoxy groups -OCH3 is 1. The van der Waals surface area contributed by atoms with Crippen LogP contribution >= 0.6 is 0 Å². The standard InChI is InChI=1S/C21H26N2O6S/c1-14(17-7-5-6-8-18(17)27-3)22-21(24)15(2)23(30(4,25)26)16-9-10-19-20(13-16)29-12-11-28-19/h5-10,13-15H,11-12H2,1-4H3,(H,22,24)/t14-,15+/m0/s1. The van der Waals surface area contributed by atoms with Crippen molar-refractivity contribution in [2.75, 3.05) is 30.9 Å². The van der Waals surface area contributed by atoms with Crippen LogP contribution in [0.25, 0.3) is 0 Å². The number of benzene rings is 2. The highest BCUT2D eigenvalue weighted by Gasteiger charge is 2.31. The Hall–Kier alpha value is -2.94. The topological polar surface area (TPSA) is 94.2 Å². The Labute approximate surface area is 176 Å². The average Bonchev–Trinajstić information content (AvgIpc) is 2.72. The van der Waals surface area contributed by atoms with Crippen LogP contribution in [-0.4, -0.2) is 46.9 Å². The second-order valence-electron chi connectivity index (χ2n) is 7.03. The highest BCUT2D eigenvalue weighted by atomic mass is 32.2. The monoisotopic (exact) mass is 434 g/mol. The maximum absolute atomic E-state index is 13.0. The van der Waals surface area contributed by atoms with Crippen LogP contribution in [0.2, 0.25) is 0 Å². The maximum Gasteiger partial charge on any atom is 0.244 e. The summed E-state index contributed by atoms with van der Waals surface area (Å²) in [5, 5.41) is 2.87. The molecule has 9 heteroatoms. The van der Waals surface area contributed by atoms with Crippen LogP contribution in [0.1, 0.15) is 25.5 Å². The van der Waals surface area contributed by atoms with Gasteiger partial charge in [-0.25, -0.2) is 8.42 Å². The zero-order chi connectivity index (χ0) is 21.9. The lowest BCUT2D eigenvalue weighted by atomic mass is 10.1. The number of amides is 1. The number of ether oxygens (including phenoxy) is 3. The molecule has 1 aliphatic heterocycles. The molecular weight excluding hydrogens is 408 g/mol. The molecule has 30 heavy (non-hydrogen) atoms. The Bertz CT molecular complexity index is 1020. The third-order valence-corrected chi connectivity index (χ3v) is 6.07. The fourth-order valence-corrected chi connectivity index (χ4v) is 4.58. The molecule has 1 aliphatic rings. The molecule has 162 valence electrons. The zero-order valence-corrected chi connectivity index (χ0v) is 18.2. The lowest BCUT2D eigenvalue weighted by Crippen LogP contribution is -2.48. The van der Waals surface area contributed by atoms with Gasteiger partial charge >= 0.3 is 0 Å². The molecule has 0 bridgehead atoms. The van der Waals surface area contributed by atoms with Crippen LogP contribution < -0.4 is 23.8 Å². The minimum absolute atomic E-state index is 0.328. The van der Waals surface area contributed by atoms with Crippen LogP contribution in [0.15, 0.2) is 42.5 Å². The predicted octanol–water partition coefficient (Wildman–Crippen LogP) is 2.50. The van der Waals surface area contributed by atoms with Crippen LogP contribution in [-0.2, 0) is 14.8 Å². The fourth-order valence-electron chi connectivity index (χ4n) is 3.41. The summed E-state index contributed by atoms with van der Waals surface area (Å²) in [4.78, 5) is 13.0. The van der Waals surface area contributed by atoms with Crippen molar-refractivity contribution in [3.8, 4) is 17.2 Å². The molecule has 0 saturated heterocycles. The number of nitrogens with one attached hydrogen (secondary N) is 1. The number of para-hydroxylation sites is 1. The van der Waals surface area contributed by atoms with Crippen molar-refractivity contribution in [1.82, 2.24) is 5.32 Å². The largest absolute Gasteiger partial charge is 0.496 e. The minimum atomic E-state index is -3.75. The minimum Gasteiger partial charge on any atom is -0.496 e. The smallest absolute Gasteiger partial charge is 0.244 e. The van der Waals surface area contributed by atoms with Gasteiger partial charge < -0.3 is 19.5 Å². The van der Waals surface area contributed by atoms with Gasteiger partial charge in [-0.2, -0.15) is 0 Å². The van der Waals surface area contributed by atoms with Crippen molar-refractivity contribution in [3.05, 3.63) is 48.0 Å². The van der Waals surface area contributed by atoms with E-state index in [4.69, 9.17) is 14.2 Å². The summed E-state index contributed by atoms with van der Waals surface area (Å²) in [5.41, 5.74) is 1.13. The van der Waals surface area contributed by atoms with Gasteiger partial charge in [-0.3, -0.25) is 9.10 Å². The van der Waals surface area contributed by atoms with Gasteiger partial charge in [-0.15, -0.1) is 0 Å². The molecule has 0 aromatic heterocycles. The van der Waals surface area contributed by atoms with Gasteiger partial charge in [0.2, 0.25) is 15.9 Å². The Balaban J connectivity index is 1.85. The molecule has 1 amide bonds. The van der Waals surface area contributed by atoms with Crippen molar-refractivity contribution < 1.29 is 27.4 Å². The summed E-state index contributed by atoms with van der Waals surface area (Å²) in [6.07, 6.45) is 1.07. The van der Waals surface area contributed by atoms with Gasteiger partial charge in [0.05, 0.1) is 25.1 Å². The molecule has 0 fully saturated rings. The Morgan fingerprint density at radius 2 is 1.77 bits per heavy atom.